The molecule has 104 valence electrons. The van der Waals surface area contributed by atoms with E-state index in [9.17, 15) is 4.79 Å². The lowest BCUT2D eigenvalue weighted by atomic mass is 10.1. The molecular formula is C13H28ClNO2. The van der Waals surface area contributed by atoms with E-state index in [0.29, 0.717) is 6.54 Å². The molecule has 0 aromatic heterocycles. The Morgan fingerprint density at radius 3 is 2.00 bits per heavy atom. The van der Waals surface area contributed by atoms with Gasteiger partial charge in [0, 0.05) is 6.54 Å². The fraction of sp³-hybridized carbons (Fsp3) is 0.923. The van der Waals surface area contributed by atoms with Crippen molar-refractivity contribution in [1.82, 2.24) is 5.32 Å². The molecule has 4 heteroatoms. The average Bonchev–Trinajstić information content (AvgIpc) is 2.25. The summed E-state index contributed by atoms with van der Waals surface area (Å²) in [6.07, 6.45) is 10.8. The van der Waals surface area contributed by atoms with Gasteiger partial charge in [0.1, 0.15) is 0 Å². The van der Waals surface area contributed by atoms with Gasteiger partial charge in [-0.2, -0.15) is 0 Å². The van der Waals surface area contributed by atoms with Crippen molar-refractivity contribution in [3.63, 3.8) is 0 Å². The molecule has 0 unspecified atom stereocenters. The second-order valence-corrected chi connectivity index (χ2v) is 4.37. The van der Waals surface area contributed by atoms with Gasteiger partial charge in [-0.05, 0) is 13.0 Å². The van der Waals surface area contributed by atoms with Crippen LogP contribution in [-0.4, -0.2) is 24.2 Å². The Kier molecular flexibility index (Phi) is 17.6. The number of unbranched alkanes of at least 4 members (excludes halogenated alkanes) is 7. The maximum atomic E-state index is 10.2. The lowest BCUT2D eigenvalue weighted by Gasteiger charge is -2.03. The van der Waals surface area contributed by atoms with Gasteiger partial charge in [0.15, 0.2) is 0 Å². The molecule has 0 rings (SSSR count). The minimum Gasteiger partial charge on any atom is -0.481 e. The van der Waals surface area contributed by atoms with Crippen LogP contribution >= 0.6 is 12.4 Å². The summed E-state index contributed by atoms with van der Waals surface area (Å²) in [5, 5.41) is 11.6. The predicted molar refractivity (Wildman–Crippen MR) is 75.0 cm³/mol. The molecule has 0 heterocycles. The van der Waals surface area contributed by atoms with E-state index in [4.69, 9.17) is 5.11 Å². The Bertz CT molecular complexity index is 165. The summed E-state index contributed by atoms with van der Waals surface area (Å²) < 4.78 is 0. The van der Waals surface area contributed by atoms with Gasteiger partial charge in [-0.1, -0.05) is 51.9 Å². The SMILES string of the molecule is CCCCCCCCCCNCCC(=O)O.Cl. The topological polar surface area (TPSA) is 49.3 Å². The van der Waals surface area contributed by atoms with Crippen molar-refractivity contribution in [1.29, 1.82) is 0 Å². The van der Waals surface area contributed by atoms with E-state index in [2.05, 4.69) is 12.2 Å². The largest absolute Gasteiger partial charge is 0.481 e. The Labute approximate surface area is 112 Å². The minimum atomic E-state index is -0.719. The molecule has 0 saturated carbocycles. The van der Waals surface area contributed by atoms with Crippen LogP contribution in [0.5, 0.6) is 0 Å². The number of nitrogens with one attached hydrogen (secondary N) is 1. The van der Waals surface area contributed by atoms with Gasteiger partial charge in [0.05, 0.1) is 6.42 Å². The highest BCUT2D eigenvalue weighted by Crippen LogP contribution is 2.07. The second kappa shape index (κ2) is 15.7. The highest BCUT2D eigenvalue weighted by Gasteiger charge is 1.95. The number of rotatable bonds is 12. The number of carbonyl (C=O) groups is 1. The van der Waals surface area contributed by atoms with E-state index in [1.807, 2.05) is 0 Å². The van der Waals surface area contributed by atoms with E-state index in [1.54, 1.807) is 0 Å². The number of carboxylic acids is 1. The monoisotopic (exact) mass is 265 g/mol. The van der Waals surface area contributed by atoms with Crippen molar-refractivity contribution in [2.24, 2.45) is 0 Å². The molecule has 0 aliphatic carbocycles. The number of carboxylic acid groups (broad SMARTS) is 1. The zero-order chi connectivity index (χ0) is 12.1. The summed E-state index contributed by atoms with van der Waals surface area (Å²) in [7, 11) is 0. The van der Waals surface area contributed by atoms with Crippen LogP contribution in [0.25, 0.3) is 0 Å². The van der Waals surface area contributed by atoms with Gasteiger partial charge in [-0.15, -0.1) is 12.4 Å². The van der Waals surface area contributed by atoms with Gasteiger partial charge in [0.25, 0.3) is 0 Å². The number of halogens is 1. The van der Waals surface area contributed by atoms with Crippen LogP contribution in [0.1, 0.15) is 64.7 Å². The molecule has 3 nitrogen and oxygen atoms in total. The molecular weight excluding hydrogens is 238 g/mol. The lowest BCUT2D eigenvalue weighted by molar-refractivity contribution is -0.136. The van der Waals surface area contributed by atoms with Crippen molar-refractivity contribution >= 4 is 18.4 Å². The molecule has 0 bridgehead atoms. The summed E-state index contributed by atoms with van der Waals surface area (Å²) in [5.41, 5.74) is 0. The first-order valence-corrected chi connectivity index (χ1v) is 6.70. The van der Waals surface area contributed by atoms with Crippen LogP contribution in [0.15, 0.2) is 0 Å². The van der Waals surface area contributed by atoms with E-state index in [0.717, 1.165) is 6.54 Å². The third-order valence-corrected chi connectivity index (χ3v) is 2.72. The van der Waals surface area contributed by atoms with Crippen molar-refractivity contribution in [2.75, 3.05) is 13.1 Å². The summed E-state index contributed by atoms with van der Waals surface area (Å²) in [6.45, 7) is 3.80. The van der Waals surface area contributed by atoms with E-state index in [-0.39, 0.29) is 18.8 Å². The molecule has 0 saturated heterocycles. The molecule has 0 aliphatic heterocycles. The Morgan fingerprint density at radius 1 is 0.941 bits per heavy atom. The van der Waals surface area contributed by atoms with Crippen molar-refractivity contribution in [2.45, 2.75) is 64.7 Å². The molecule has 17 heavy (non-hydrogen) atoms. The van der Waals surface area contributed by atoms with E-state index >= 15 is 0 Å². The lowest BCUT2D eigenvalue weighted by Crippen LogP contribution is -2.19. The summed E-state index contributed by atoms with van der Waals surface area (Å²) in [5.74, 6) is -0.719. The maximum Gasteiger partial charge on any atom is 0.304 e. The fourth-order valence-corrected chi connectivity index (χ4v) is 1.70. The van der Waals surface area contributed by atoms with Crippen LogP contribution < -0.4 is 5.32 Å². The van der Waals surface area contributed by atoms with Crippen molar-refractivity contribution < 1.29 is 9.90 Å². The fourth-order valence-electron chi connectivity index (χ4n) is 1.70. The van der Waals surface area contributed by atoms with Crippen molar-refractivity contribution in [3.8, 4) is 0 Å². The standard InChI is InChI=1S/C13H27NO2.ClH/c1-2-3-4-5-6-7-8-9-11-14-12-10-13(15)16;/h14H,2-12H2,1H3,(H,15,16);1H. The van der Waals surface area contributed by atoms with Crippen LogP contribution in [0, 0.1) is 0 Å². The average molecular weight is 266 g/mol. The smallest absolute Gasteiger partial charge is 0.304 e. The van der Waals surface area contributed by atoms with Crippen LogP contribution in [0.3, 0.4) is 0 Å². The zero-order valence-electron chi connectivity index (χ0n) is 11.0. The summed E-state index contributed by atoms with van der Waals surface area (Å²) >= 11 is 0. The van der Waals surface area contributed by atoms with Crippen molar-refractivity contribution in [3.05, 3.63) is 0 Å². The molecule has 0 aliphatic rings. The third-order valence-electron chi connectivity index (χ3n) is 2.72. The first-order chi connectivity index (χ1) is 7.77. The second-order valence-electron chi connectivity index (χ2n) is 4.37. The highest BCUT2D eigenvalue weighted by atomic mass is 35.5. The van der Waals surface area contributed by atoms with Gasteiger partial charge < -0.3 is 10.4 Å². The number of hydrogen-bond donors (Lipinski definition) is 2. The van der Waals surface area contributed by atoms with Gasteiger partial charge in [-0.25, -0.2) is 0 Å². The van der Waals surface area contributed by atoms with Crippen LogP contribution in [0.2, 0.25) is 0 Å². The van der Waals surface area contributed by atoms with E-state index < -0.39 is 5.97 Å². The first kappa shape index (κ1) is 19.1. The molecule has 0 radical (unpaired) electrons. The van der Waals surface area contributed by atoms with E-state index in [1.165, 1.54) is 51.4 Å². The zero-order valence-corrected chi connectivity index (χ0v) is 11.9. The summed E-state index contributed by atoms with van der Waals surface area (Å²) in [6, 6.07) is 0. The number of aliphatic carboxylic acids is 1. The first-order valence-electron chi connectivity index (χ1n) is 6.70. The Balaban J connectivity index is 0. The van der Waals surface area contributed by atoms with Gasteiger partial charge in [0.2, 0.25) is 0 Å². The van der Waals surface area contributed by atoms with Crippen LogP contribution in [-0.2, 0) is 4.79 Å². The number of hydrogen-bond acceptors (Lipinski definition) is 2. The Hall–Kier alpha value is -0.280. The predicted octanol–water partition coefficient (Wildman–Crippen LogP) is 3.61. The minimum absolute atomic E-state index is 0. The summed E-state index contributed by atoms with van der Waals surface area (Å²) in [4.78, 5) is 10.2. The molecule has 0 aromatic rings. The third kappa shape index (κ3) is 18.3. The molecule has 2 N–H and O–H groups in total. The molecule has 0 aromatic carbocycles. The van der Waals surface area contributed by atoms with Gasteiger partial charge >= 0.3 is 5.97 Å². The quantitative estimate of drug-likeness (QED) is 0.530. The molecule has 0 fully saturated rings. The molecule has 0 atom stereocenters. The maximum absolute atomic E-state index is 10.2. The Morgan fingerprint density at radius 2 is 1.47 bits per heavy atom. The highest BCUT2D eigenvalue weighted by molar-refractivity contribution is 5.85. The van der Waals surface area contributed by atoms with Crippen LogP contribution in [0.4, 0.5) is 0 Å². The molecule has 0 amide bonds. The van der Waals surface area contributed by atoms with Gasteiger partial charge in [-0.3, -0.25) is 4.79 Å². The molecule has 0 spiro atoms. The normalized spacial score (nSPS) is 9.94.